The molecule has 0 amide bonds. The molecule has 2 aromatic rings. The lowest BCUT2D eigenvalue weighted by Crippen LogP contribution is -2.08. The second-order valence-corrected chi connectivity index (χ2v) is 4.69. The Labute approximate surface area is 105 Å². The van der Waals surface area contributed by atoms with Crippen molar-refractivity contribution in [3.05, 3.63) is 41.2 Å². The first kappa shape index (κ1) is 12.2. The van der Waals surface area contributed by atoms with E-state index in [1.165, 1.54) is 17.4 Å². The molecule has 0 aliphatic heterocycles. The van der Waals surface area contributed by atoms with Crippen LogP contribution >= 0.6 is 11.3 Å². The fraction of sp³-hybridized carbons (Fsp3) is 0.308. The van der Waals surface area contributed by atoms with Gasteiger partial charge in [0.15, 0.2) is 0 Å². The number of benzene rings is 1. The summed E-state index contributed by atoms with van der Waals surface area (Å²) < 4.78 is 13.5. The number of halogens is 1. The minimum atomic E-state index is -0.205. The molecule has 0 bridgehead atoms. The predicted octanol–water partition coefficient (Wildman–Crippen LogP) is 3.10. The number of aromatic nitrogens is 1. The number of nitrogens with one attached hydrogen (secondary N) is 1. The van der Waals surface area contributed by atoms with Gasteiger partial charge in [-0.05, 0) is 38.6 Å². The van der Waals surface area contributed by atoms with Gasteiger partial charge in [-0.2, -0.15) is 0 Å². The number of nitrogens with zero attached hydrogens (tertiary/aromatic N) is 1. The maximum atomic E-state index is 13.5. The average molecular weight is 250 g/mol. The van der Waals surface area contributed by atoms with Crippen LogP contribution in [0.3, 0.4) is 0 Å². The molecule has 0 aliphatic rings. The first-order chi connectivity index (χ1) is 8.31. The van der Waals surface area contributed by atoms with Crippen molar-refractivity contribution in [1.82, 2.24) is 10.3 Å². The zero-order valence-corrected chi connectivity index (χ0v) is 10.6. The summed E-state index contributed by atoms with van der Waals surface area (Å²) in [4.78, 5) is 4.46. The van der Waals surface area contributed by atoms with Crippen LogP contribution in [0.25, 0.3) is 10.6 Å². The average Bonchev–Trinajstić information content (AvgIpc) is 2.79. The van der Waals surface area contributed by atoms with Gasteiger partial charge in [-0.3, -0.25) is 0 Å². The molecule has 0 saturated heterocycles. The van der Waals surface area contributed by atoms with E-state index in [-0.39, 0.29) is 5.82 Å². The van der Waals surface area contributed by atoms with Crippen molar-refractivity contribution in [3.8, 4) is 10.6 Å². The molecule has 1 aromatic carbocycles. The number of hydrogen-bond acceptors (Lipinski definition) is 3. The van der Waals surface area contributed by atoms with E-state index in [1.807, 2.05) is 18.5 Å². The van der Waals surface area contributed by atoms with Gasteiger partial charge in [0.05, 0.1) is 5.69 Å². The molecule has 0 atom stereocenters. The maximum absolute atomic E-state index is 13.5. The molecule has 2 rings (SSSR count). The molecule has 0 spiro atoms. The van der Waals surface area contributed by atoms with Crippen LogP contribution in [0, 0.1) is 5.82 Å². The Morgan fingerprint density at radius 3 is 2.94 bits per heavy atom. The Morgan fingerprint density at radius 2 is 2.18 bits per heavy atom. The van der Waals surface area contributed by atoms with Crippen molar-refractivity contribution in [2.45, 2.75) is 12.8 Å². The Balaban J connectivity index is 2.10. The maximum Gasteiger partial charge on any atom is 0.133 e. The van der Waals surface area contributed by atoms with Crippen molar-refractivity contribution in [2.75, 3.05) is 13.6 Å². The standard InChI is InChI=1S/C13H15FN2S/c1-15-8-4-5-10-9-17-13(16-10)11-6-2-3-7-12(11)14/h2-3,6-7,9,15H,4-5,8H2,1H3. The molecule has 90 valence electrons. The lowest BCUT2D eigenvalue weighted by atomic mass is 10.2. The summed E-state index contributed by atoms with van der Waals surface area (Å²) in [6.07, 6.45) is 1.99. The predicted molar refractivity (Wildman–Crippen MR) is 69.8 cm³/mol. The molecular formula is C13H15FN2S. The Kier molecular flexibility index (Phi) is 4.23. The fourth-order valence-electron chi connectivity index (χ4n) is 1.63. The van der Waals surface area contributed by atoms with Crippen LogP contribution in [0.5, 0.6) is 0 Å². The van der Waals surface area contributed by atoms with Crippen molar-refractivity contribution in [1.29, 1.82) is 0 Å². The molecule has 1 heterocycles. The Bertz CT molecular complexity index is 482. The summed E-state index contributed by atoms with van der Waals surface area (Å²) in [7, 11) is 1.94. The summed E-state index contributed by atoms with van der Waals surface area (Å²) in [6, 6.07) is 6.77. The molecule has 0 fully saturated rings. The second-order valence-electron chi connectivity index (χ2n) is 3.83. The van der Waals surface area contributed by atoms with E-state index >= 15 is 0 Å². The number of aryl methyl sites for hydroxylation is 1. The zero-order valence-electron chi connectivity index (χ0n) is 9.74. The van der Waals surface area contributed by atoms with Crippen LogP contribution < -0.4 is 5.32 Å². The highest BCUT2D eigenvalue weighted by Gasteiger charge is 2.08. The smallest absolute Gasteiger partial charge is 0.133 e. The van der Waals surface area contributed by atoms with Crippen molar-refractivity contribution < 1.29 is 4.39 Å². The van der Waals surface area contributed by atoms with E-state index in [9.17, 15) is 4.39 Å². The molecule has 2 nitrogen and oxygen atoms in total. The zero-order chi connectivity index (χ0) is 12.1. The normalized spacial score (nSPS) is 10.7. The van der Waals surface area contributed by atoms with Crippen LogP contribution in [0.1, 0.15) is 12.1 Å². The first-order valence-electron chi connectivity index (χ1n) is 5.65. The van der Waals surface area contributed by atoms with Crippen LogP contribution in [-0.4, -0.2) is 18.6 Å². The van der Waals surface area contributed by atoms with Crippen LogP contribution in [0.4, 0.5) is 4.39 Å². The van der Waals surface area contributed by atoms with Crippen molar-refractivity contribution >= 4 is 11.3 Å². The van der Waals surface area contributed by atoms with E-state index in [4.69, 9.17) is 0 Å². The third kappa shape index (κ3) is 3.11. The summed E-state index contributed by atoms with van der Waals surface area (Å²) in [5, 5.41) is 5.88. The Morgan fingerprint density at radius 1 is 1.35 bits per heavy atom. The summed E-state index contributed by atoms with van der Waals surface area (Å²) in [6.45, 7) is 0.979. The van der Waals surface area contributed by atoms with Gasteiger partial charge in [-0.1, -0.05) is 12.1 Å². The number of thiazole rings is 1. The molecule has 0 saturated carbocycles. The van der Waals surface area contributed by atoms with Gasteiger partial charge in [-0.15, -0.1) is 11.3 Å². The lowest BCUT2D eigenvalue weighted by Gasteiger charge is -1.98. The highest BCUT2D eigenvalue weighted by Crippen LogP contribution is 2.26. The largest absolute Gasteiger partial charge is 0.320 e. The fourth-order valence-corrected chi connectivity index (χ4v) is 2.51. The molecular weight excluding hydrogens is 235 g/mol. The van der Waals surface area contributed by atoms with E-state index in [0.717, 1.165) is 30.1 Å². The van der Waals surface area contributed by atoms with Crippen molar-refractivity contribution in [2.24, 2.45) is 0 Å². The highest BCUT2D eigenvalue weighted by atomic mass is 32.1. The van der Waals surface area contributed by atoms with Crippen LogP contribution in [-0.2, 0) is 6.42 Å². The van der Waals surface area contributed by atoms with Gasteiger partial charge >= 0.3 is 0 Å². The monoisotopic (exact) mass is 250 g/mol. The van der Waals surface area contributed by atoms with Gasteiger partial charge in [0.2, 0.25) is 0 Å². The third-order valence-corrected chi connectivity index (χ3v) is 3.44. The Hall–Kier alpha value is -1.26. The molecule has 17 heavy (non-hydrogen) atoms. The molecule has 0 aliphatic carbocycles. The topological polar surface area (TPSA) is 24.9 Å². The first-order valence-corrected chi connectivity index (χ1v) is 6.53. The summed E-state index contributed by atoms with van der Waals surface area (Å²) in [5.41, 5.74) is 1.64. The molecule has 0 radical (unpaired) electrons. The van der Waals surface area contributed by atoms with E-state index < -0.39 is 0 Å². The summed E-state index contributed by atoms with van der Waals surface area (Å²) >= 11 is 1.50. The third-order valence-electron chi connectivity index (χ3n) is 2.52. The van der Waals surface area contributed by atoms with Crippen LogP contribution in [0.2, 0.25) is 0 Å². The minimum Gasteiger partial charge on any atom is -0.320 e. The molecule has 4 heteroatoms. The molecule has 1 N–H and O–H groups in total. The quantitative estimate of drug-likeness (QED) is 0.825. The lowest BCUT2D eigenvalue weighted by molar-refractivity contribution is 0.631. The van der Waals surface area contributed by atoms with E-state index in [1.54, 1.807) is 12.1 Å². The van der Waals surface area contributed by atoms with Crippen LogP contribution in [0.15, 0.2) is 29.6 Å². The van der Waals surface area contributed by atoms with Gasteiger partial charge < -0.3 is 5.32 Å². The number of hydrogen-bond donors (Lipinski definition) is 1. The van der Waals surface area contributed by atoms with Gasteiger partial charge in [0.1, 0.15) is 10.8 Å². The summed E-state index contributed by atoms with van der Waals surface area (Å²) in [5.74, 6) is -0.205. The van der Waals surface area contributed by atoms with Gasteiger partial charge in [-0.25, -0.2) is 9.37 Å². The molecule has 0 unspecified atom stereocenters. The van der Waals surface area contributed by atoms with E-state index in [2.05, 4.69) is 10.3 Å². The van der Waals surface area contributed by atoms with E-state index in [0.29, 0.717) is 5.56 Å². The minimum absolute atomic E-state index is 0.205. The van der Waals surface area contributed by atoms with Gasteiger partial charge in [0.25, 0.3) is 0 Å². The molecule has 1 aromatic heterocycles. The number of rotatable bonds is 5. The van der Waals surface area contributed by atoms with Gasteiger partial charge in [0, 0.05) is 10.9 Å². The van der Waals surface area contributed by atoms with Crippen molar-refractivity contribution in [3.63, 3.8) is 0 Å². The highest BCUT2D eigenvalue weighted by molar-refractivity contribution is 7.13. The second kappa shape index (κ2) is 5.89. The SMILES string of the molecule is CNCCCc1csc(-c2ccccc2F)n1.